The summed E-state index contributed by atoms with van der Waals surface area (Å²) in [7, 11) is -3.54. The highest BCUT2D eigenvalue weighted by Crippen LogP contribution is 2.29. The molecule has 2 aromatic rings. The lowest BCUT2D eigenvalue weighted by Crippen LogP contribution is -2.26. The van der Waals surface area contributed by atoms with Gasteiger partial charge in [0.1, 0.15) is 4.21 Å². The zero-order valence-corrected chi connectivity index (χ0v) is 13.9. The molecule has 6 heteroatoms. The second-order valence-electron chi connectivity index (χ2n) is 5.43. The van der Waals surface area contributed by atoms with Gasteiger partial charge in [-0.1, -0.05) is 17.7 Å². The number of hydrogen-bond donors (Lipinski definition) is 0. The van der Waals surface area contributed by atoms with Crippen molar-refractivity contribution in [2.45, 2.75) is 28.9 Å². The number of thiophene rings is 1. The van der Waals surface area contributed by atoms with Crippen LogP contribution in [0.2, 0.25) is 0 Å². The predicted molar refractivity (Wildman–Crippen MR) is 86.1 cm³/mol. The van der Waals surface area contributed by atoms with E-state index < -0.39 is 9.84 Å². The largest absolute Gasteiger partial charge is 0.338 e. The molecule has 0 aliphatic carbocycles. The van der Waals surface area contributed by atoms with Gasteiger partial charge in [-0.2, -0.15) is 0 Å². The van der Waals surface area contributed by atoms with Crippen molar-refractivity contribution in [2.24, 2.45) is 0 Å². The van der Waals surface area contributed by atoms with Gasteiger partial charge in [0, 0.05) is 13.1 Å². The smallest absolute Gasteiger partial charge is 0.263 e. The first-order chi connectivity index (χ1) is 10.5. The maximum atomic E-state index is 12.6. The molecule has 1 saturated heterocycles. The molecule has 1 aliphatic rings. The van der Waals surface area contributed by atoms with Gasteiger partial charge in [-0.05, 0) is 44.0 Å². The fourth-order valence-corrected chi connectivity index (χ4v) is 5.17. The first kappa shape index (κ1) is 15.2. The predicted octanol–water partition coefficient (Wildman–Crippen LogP) is 3.13. The van der Waals surface area contributed by atoms with Crippen LogP contribution in [0.25, 0.3) is 0 Å². The molecule has 1 aromatic carbocycles. The third-order valence-electron chi connectivity index (χ3n) is 3.78. The molecule has 1 fully saturated rings. The highest BCUT2D eigenvalue weighted by molar-refractivity contribution is 7.93. The molecule has 1 aromatic heterocycles. The number of nitrogens with zero attached hydrogens (tertiary/aromatic N) is 1. The number of benzene rings is 1. The van der Waals surface area contributed by atoms with Crippen molar-refractivity contribution >= 4 is 27.1 Å². The molecule has 0 spiro atoms. The van der Waals surface area contributed by atoms with Crippen LogP contribution in [0.5, 0.6) is 0 Å². The summed E-state index contributed by atoms with van der Waals surface area (Å²) in [5, 5.41) is 0. The summed E-state index contributed by atoms with van der Waals surface area (Å²) < 4.78 is 25.4. The van der Waals surface area contributed by atoms with Crippen LogP contribution >= 0.6 is 11.3 Å². The van der Waals surface area contributed by atoms with Crippen LogP contribution in [0, 0.1) is 6.92 Å². The molecule has 3 rings (SSSR count). The Morgan fingerprint density at radius 2 is 1.68 bits per heavy atom. The molecule has 1 aliphatic heterocycles. The SMILES string of the molecule is Cc1ccc(S(=O)(=O)c2ccc(C(=O)N3CCCC3)s2)cc1. The highest BCUT2D eigenvalue weighted by Gasteiger charge is 2.25. The van der Waals surface area contributed by atoms with Gasteiger partial charge in [-0.25, -0.2) is 8.42 Å². The molecule has 116 valence electrons. The minimum absolute atomic E-state index is 0.0622. The van der Waals surface area contributed by atoms with Crippen LogP contribution in [0.4, 0.5) is 0 Å². The van der Waals surface area contributed by atoms with Gasteiger partial charge in [0.2, 0.25) is 9.84 Å². The molecule has 2 heterocycles. The molecular formula is C16H17NO3S2. The number of aryl methyl sites for hydroxylation is 1. The maximum Gasteiger partial charge on any atom is 0.263 e. The van der Waals surface area contributed by atoms with Crippen LogP contribution in [0.1, 0.15) is 28.1 Å². The van der Waals surface area contributed by atoms with E-state index in [1.807, 2.05) is 6.92 Å². The van der Waals surface area contributed by atoms with Crippen molar-refractivity contribution in [2.75, 3.05) is 13.1 Å². The third-order valence-corrected chi connectivity index (χ3v) is 7.12. The number of hydrogen-bond acceptors (Lipinski definition) is 4. The van der Waals surface area contributed by atoms with Gasteiger partial charge in [-0.3, -0.25) is 4.79 Å². The van der Waals surface area contributed by atoms with Crippen LogP contribution in [0.15, 0.2) is 45.5 Å². The Morgan fingerprint density at radius 3 is 2.32 bits per heavy atom. The summed E-state index contributed by atoms with van der Waals surface area (Å²) in [5.41, 5.74) is 1.01. The van der Waals surface area contributed by atoms with Crippen molar-refractivity contribution in [3.05, 3.63) is 46.8 Å². The van der Waals surface area contributed by atoms with E-state index in [1.165, 1.54) is 6.07 Å². The Bertz CT molecular complexity index is 785. The molecule has 1 amide bonds. The van der Waals surface area contributed by atoms with Gasteiger partial charge in [-0.15, -0.1) is 11.3 Å². The van der Waals surface area contributed by atoms with E-state index in [-0.39, 0.29) is 15.0 Å². The number of carbonyl (C=O) groups is 1. The molecule has 0 atom stereocenters. The van der Waals surface area contributed by atoms with Crippen LogP contribution in [-0.4, -0.2) is 32.3 Å². The second kappa shape index (κ2) is 5.85. The lowest BCUT2D eigenvalue weighted by Gasteiger charge is -2.13. The van der Waals surface area contributed by atoms with E-state index in [4.69, 9.17) is 0 Å². The summed E-state index contributed by atoms with van der Waals surface area (Å²) in [6, 6.07) is 9.90. The number of rotatable bonds is 3. The van der Waals surface area contributed by atoms with E-state index in [1.54, 1.807) is 35.2 Å². The van der Waals surface area contributed by atoms with Gasteiger partial charge in [0.25, 0.3) is 5.91 Å². The monoisotopic (exact) mass is 335 g/mol. The molecule has 22 heavy (non-hydrogen) atoms. The van der Waals surface area contributed by atoms with Gasteiger partial charge in [0.15, 0.2) is 0 Å². The Labute approximate surface area is 134 Å². The first-order valence-corrected chi connectivity index (χ1v) is 9.49. The van der Waals surface area contributed by atoms with Crippen molar-refractivity contribution in [3.63, 3.8) is 0 Å². The molecule has 0 N–H and O–H groups in total. The minimum atomic E-state index is -3.54. The molecule has 0 radical (unpaired) electrons. The Hall–Kier alpha value is -1.66. The quantitative estimate of drug-likeness (QED) is 0.866. The molecule has 0 unspecified atom stereocenters. The van der Waals surface area contributed by atoms with E-state index in [0.29, 0.717) is 4.88 Å². The fraction of sp³-hybridized carbons (Fsp3) is 0.312. The normalized spacial score (nSPS) is 15.2. The Morgan fingerprint density at radius 1 is 1.05 bits per heavy atom. The lowest BCUT2D eigenvalue weighted by atomic mass is 10.2. The number of amides is 1. The summed E-state index contributed by atoms with van der Waals surface area (Å²) in [6.07, 6.45) is 2.04. The minimum Gasteiger partial charge on any atom is -0.338 e. The summed E-state index contributed by atoms with van der Waals surface area (Å²) >= 11 is 1.05. The summed E-state index contributed by atoms with van der Waals surface area (Å²) in [5.74, 6) is -0.0622. The van der Waals surface area contributed by atoms with E-state index in [9.17, 15) is 13.2 Å². The summed E-state index contributed by atoms with van der Waals surface area (Å²) in [6.45, 7) is 3.43. The van der Waals surface area contributed by atoms with Crippen molar-refractivity contribution in [1.82, 2.24) is 4.90 Å². The van der Waals surface area contributed by atoms with Crippen molar-refractivity contribution < 1.29 is 13.2 Å². The van der Waals surface area contributed by atoms with Crippen LogP contribution in [-0.2, 0) is 9.84 Å². The second-order valence-corrected chi connectivity index (χ2v) is 8.69. The average Bonchev–Trinajstić information content (AvgIpc) is 3.19. The molecule has 0 bridgehead atoms. The van der Waals surface area contributed by atoms with Crippen LogP contribution < -0.4 is 0 Å². The Kier molecular flexibility index (Phi) is 4.06. The van der Waals surface area contributed by atoms with Crippen molar-refractivity contribution in [1.29, 1.82) is 0 Å². The van der Waals surface area contributed by atoms with E-state index in [0.717, 1.165) is 42.8 Å². The zero-order valence-electron chi connectivity index (χ0n) is 12.3. The van der Waals surface area contributed by atoms with Crippen LogP contribution in [0.3, 0.4) is 0 Å². The van der Waals surface area contributed by atoms with Gasteiger partial charge < -0.3 is 4.90 Å². The fourth-order valence-electron chi connectivity index (χ4n) is 2.49. The highest BCUT2D eigenvalue weighted by atomic mass is 32.2. The average molecular weight is 335 g/mol. The van der Waals surface area contributed by atoms with Gasteiger partial charge in [0.05, 0.1) is 9.77 Å². The Balaban J connectivity index is 1.89. The molecule has 4 nitrogen and oxygen atoms in total. The topological polar surface area (TPSA) is 54.5 Å². The zero-order chi connectivity index (χ0) is 15.7. The summed E-state index contributed by atoms with van der Waals surface area (Å²) in [4.78, 5) is 14.9. The maximum absolute atomic E-state index is 12.6. The van der Waals surface area contributed by atoms with Gasteiger partial charge >= 0.3 is 0 Å². The van der Waals surface area contributed by atoms with Crippen molar-refractivity contribution in [3.8, 4) is 0 Å². The van der Waals surface area contributed by atoms with E-state index >= 15 is 0 Å². The first-order valence-electron chi connectivity index (χ1n) is 7.19. The molecular weight excluding hydrogens is 318 g/mol. The molecule has 0 saturated carbocycles. The standard InChI is InChI=1S/C16H17NO3S2/c1-12-4-6-13(7-5-12)22(19,20)15-9-8-14(21-15)16(18)17-10-2-3-11-17/h4-9H,2-3,10-11H2,1H3. The number of sulfone groups is 1. The third kappa shape index (κ3) is 2.80. The number of likely N-dealkylation sites (tertiary alicyclic amines) is 1. The van der Waals surface area contributed by atoms with E-state index in [2.05, 4.69) is 0 Å². The number of carbonyl (C=O) groups excluding carboxylic acids is 1. The lowest BCUT2D eigenvalue weighted by molar-refractivity contribution is 0.0797.